The number of hydrogen-bond acceptors (Lipinski definition) is 2. The van der Waals surface area contributed by atoms with Crippen LogP contribution in [0.15, 0.2) is 29.2 Å². The van der Waals surface area contributed by atoms with Gasteiger partial charge in [0.15, 0.2) is 0 Å². The first-order chi connectivity index (χ1) is 9.08. The first-order valence-corrected chi connectivity index (χ1v) is 7.98. The summed E-state index contributed by atoms with van der Waals surface area (Å²) in [6, 6.07) is 8.36. The summed E-state index contributed by atoms with van der Waals surface area (Å²) in [5, 5.41) is -0.0143. The fourth-order valence-corrected chi connectivity index (χ4v) is 2.85. The van der Waals surface area contributed by atoms with Gasteiger partial charge in [-0.1, -0.05) is 31.0 Å². The second kappa shape index (κ2) is 8.26. The summed E-state index contributed by atoms with van der Waals surface area (Å²) in [5.41, 5.74) is 1.25. The lowest BCUT2D eigenvalue weighted by atomic mass is 10.2. The molecule has 0 aromatic heterocycles. The normalized spacial score (nSPS) is 12.2. The molecule has 3 heteroatoms. The van der Waals surface area contributed by atoms with Gasteiger partial charge < -0.3 is 4.90 Å². The van der Waals surface area contributed by atoms with Crippen LogP contribution in [0, 0.1) is 6.92 Å². The molecule has 1 amide bonds. The fourth-order valence-electron chi connectivity index (χ4n) is 1.90. The molecular formula is C16H25NOS. The molecule has 0 aliphatic heterocycles. The molecule has 0 spiro atoms. The number of unbranched alkanes of at least 4 members (excludes halogenated alkanes) is 1. The maximum Gasteiger partial charge on any atom is 0.235 e. The van der Waals surface area contributed by atoms with Gasteiger partial charge in [0.25, 0.3) is 0 Å². The molecule has 1 rings (SSSR count). The lowest BCUT2D eigenvalue weighted by Crippen LogP contribution is -2.37. The van der Waals surface area contributed by atoms with Crippen LogP contribution in [0.25, 0.3) is 0 Å². The van der Waals surface area contributed by atoms with E-state index in [1.54, 1.807) is 11.8 Å². The van der Waals surface area contributed by atoms with Crippen LogP contribution in [0.2, 0.25) is 0 Å². The van der Waals surface area contributed by atoms with Gasteiger partial charge >= 0.3 is 0 Å². The highest BCUT2D eigenvalue weighted by molar-refractivity contribution is 8.00. The van der Waals surface area contributed by atoms with Gasteiger partial charge in [0, 0.05) is 18.0 Å². The third kappa shape index (κ3) is 5.27. The molecule has 1 aromatic rings. The van der Waals surface area contributed by atoms with Crippen LogP contribution in [-0.2, 0) is 4.79 Å². The number of amides is 1. The van der Waals surface area contributed by atoms with E-state index in [1.807, 2.05) is 11.8 Å². The summed E-state index contributed by atoms with van der Waals surface area (Å²) in [7, 11) is 0. The average Bonchev–Trinajstić information content (AvgIpc) is 2.42. The molecule has 0 heterocycles. The fraction of sp³-hybridized carbons (Fsp3) is 0.562. The van der Waals surface area contributed by atoms with E-state index in [4.69, 9.17) is 0 Å². The maximum absolute atomic E-state index is 12.4. The molecule has 0 saturated heterocycles. The first-order valence-electron chi connectivity index (χ1n) is 7.10. The Hall–Kier alpha value is -0.960. The minimum atomic E-state index is -0.0143. The second-order valence-electron chi connectivity index (χ2n) is 4.84. The second-order valence-corrected chi connectivity index (χ2v) is 6.26. The Morgan fingerprint density at radius 2 is 1.89 bits per heavy atom. The molecule has 0 bridgehead atoms. The van der Waals surface area contributed by atoms with E-state index in [0.717, 1.165) is 30.8 Å². The monoisotopic (exact) mass is 279 g/mol. The lowest BCUT2D eigenvalue weighted by Gasteiger charge is -2.24. The maximum atomic E-state index is 12.4. The molecule has 0 N–H and O–H groups in total. The number of carbonyl (C=O) groups excluding carboxylic acids is 1. The van der Waals surface area contributed by atoms with E-state index in [1.165, 1.54) is 5.56 Å². The zero-order valence-electron chi connectivity index (χ0n) is 12.5. The summed E-state index contributed by atoms with van der Waals surface area (Å²) < 4.78 is 0. The van der Waals surface area contributed by atoms with Crippen molar-refractivity contribution in [2.45, 2.75) is 50.7 Å². The minimum Gasteiger partial charge on any atom is -0.342 e. The number of rotatable bonds is 7. The summed E-state index contributed by atoms with van der Waals surface area (Å²) in [4.78, 5) is 15.5. The van der Waals surface area contributed by atoms with Gasteiger partial charge in [-0.2, -0.15) is 0 Å². The van der Waals surface area contributed by atoms with Crippen LogP contribution in [0.3, 0.4) is 0 Å². The summed E-state index contributed by atoms with van der Waals surface area (Å²) >= 11 is 1.65. The van der Waals surface area contributed by atoms with Gasteiger partial charge in [-0.3, -0.25) is 4.79 Å². The molecule has 0 aliphatic carbocycles. The standard InChI is InChI=1S/C16H25NOS/c1-5-7-12-17(6-2)16(18)14(4)19-15-10-8-13(3)9-11-15/h8-11,14H,5-7,12H2,1-4H3. The molecular weight excluding hydrogens is 254 g/mol. The van der Waals surface area contributed by atoms with Crippen molar-refractivity contribution >= 4 is 17.7 Å². The Morgan fingerprint density at radius 1 is 1.26 bits per heavy atom. The van der Waals surface area contributed by atoms with Crippen LogP contribution in [0.4, 0.5) is 0 Å². The Kier molecular flexibility index (Phi) is 7.00. The highest BCUT2D eigenvalue weighted by atomic mass is 32.2. The van der Waals surface area contributed by atoms with Gasteiger partial charge in [-0.25, -0.2) is 0 Å². The number of thioether (sulfide) groups is 1. The SMILES string of the molecule is CCCCN(CC)C(=O)C(C)Sc1ccc(C)cc1. The zero-order chi connectivity index (χ0) is 14.3. The molecule has 1 atom stereocenters. The molecule has 106 valence electrons. The Bertz CT molecular complexity index is 388. The largest absolute Gasteiger partial charge is 0.342 e. The lowest BCUT2D eigenvalue weighted by molar-refractivity contribution is -0.130. The number of aryl methyl sites for hydroxylation is 1. The van der Waals surface area contributed by atoms with Crippen LogP contribution >= 0.6 is 11.8 Å². The number of carbonyl (C=O) groups is 1. The van der Waals surface area contributed by atoms with Gasteiger partial charge in [0.05, 0.1) is 5.25 Å². The van der Waals surface area contributed by atoms with Crippen molar-refractivity contribution in [2.75, 3.05) is 13.1 Å². The molecule has 19 heavy (non-hydrogen) atoms. The van der Waals surface area contributed by atoms with E-state index in [-0.39, 0.29) is 11.2 Å². The smallest absolute Gasteiger partial charge is 0.235 e. The zero-order valence-corrected chi connectivity index (χ0v) is 13.3. The van der Waals surface area contributed by atoms with Gasteiger partial charge in [0.1, 0.15) is 0 Å². The van der Waals surface area contributed by atoms with E-state index in [9.17, 15) is 4.79 Å². The van der Waals surface area contributed by atoms with Crippen molar-refractivity contribution in [3.63, 3.8) is 0 Å². The number of benzene rings is 1. The van der Waals surface area contributed by atoms with Crippen LogP contribution in [-0.4, -0.2) is 29.1 Å². The van der Waals surface area contributed by atoms with Crippen molar-refractivity contribution in [3.8, 4) is 0 Å². The average molecular weight is 279 g/mol. The minimum absolute atomic E-state index is 0.0143. The van der Waals surface area contributed by atoms with Crippen molar-refractivity contribution in [1.29, 1.82) is 0 Å². The topological polar surface area (TPSA) is 20.3 Å². The van der Waals surface area contributed by atoms with Gasteiger partial charge in [0.2, 0.25) is 5.91 Å². The van der Waals surface area contributed by atoms with Crippen molar-refractivity contribution < 1.29 is 4.79 Å². The summed E-state index contributed by atoms with van der Waals surface area (Å²) in [6.07, 6.45) is 2.21. The Morgan fingerprint density at radius 3 is 2.42 bits per heavy atom. The van der Waals surface area contributed by atoms with E-state index in [2.05, 4.69) is 45.0 Å². The van der Waals surface area contributed by atoms with Crippen molar-refractivity contribution in [1.82, 2.24) is 4.90 Å². The van der Waals surface area contributed by atoms with E-state index in [0.29, 0.717) is 0 Å². The molecule has 0 fully saturated rings. The van der Waals surface area contributed by atoms with Gasteiger partial charge in [-0.05, 0) is 39.3 Å². The van der Waals surface area contributed by atoms with E-state index >= 15 is 0 Å². The summed E-state index contributed by atoms with van der Waals surface area (Å²) in [5.74, 6) is 0.251. The molecule has 0 aliphatic rings. The predicted molar refractivity (Wildman–Crippen MR) is 83.7 cm³/mol. The van der Waals surface area contributed by atoms with Crippen LogP contribution in [0.1, 0.15) is 39.2 Å². The van der Waals surface area contributed by atoms with Crippen molar-refractivity contribution in [3.05, 3.63) is 29.8 Å². The summed E-state index contributed by atoms with van der Waals surface area (Å²) in [6.45, 7) is 9.97. The number of hydrogen-bond donors (Lipinski definition) is 0. The Balaban J connectivity index is 2.57. The van der Waals surface area contributed by atoms with Crippen molar-refractivity contribution in [2.24, 2.45) is 0 Å². The van der Waals surface area contributed by atoms with Crippen LogP contribution < -0.4 is 0 Å². The Labute approximate surface area is 121 Å². The molecule has 1 unspecified atom stereocenters. The quantitative estimate of drug-likeness (QED) is 0.700. The first kappa shape index (κ1) is 16.1. The molecule has 0 saturated carbocycles. The molecule has 1 aromatic carbocycles. The predicted octanol–water partition coefficient (Wildman–Crippen LogP) is 4.12. The third-order valence-corrected chi connectivity index (χ3v) is 4.26. The molecule has 2 nitrogen and oxygen atoms in total. The highest BCUT2D eigenvalue weighted by Crippen LogP contribution is 2.24. The molecule has 0 radical (unpaired) electrons. The van der Waals surface area contributed by atoms with E-state index < -0.39 is 0 Å². The highest BCUT2D eigenvalue weighted by Gasteiger charge is 2.19. The van der Waals surface area contributed by atoms with Gasteiger partial charge in [-0.15, -0.1) is 11.8 Å². The third-order valence-electron chi connectivity index (χ3n) is 3.16. The van der Waals surface area contributed by atoms with Crippen LogP contribution in [0.5, 0.6) is 0 Å². The number of nitrogens with zero attached hydrogens (tertiary/aromatic N) is 1.